The molecule has 0 aliphatic heterocycles. The number of aryl methyl sites for hydroxylation is 1. The Balaban J connectivity index is 2.09. The molecule has 20 heavy (non-hydrogen) atoms. The predicted octanol–water partition coefficient (Wildman–Crippen LogP) is 2.83. The van der Waals surface area contributed by atoms with Gasteiger partial charge in [-0.1, -0.05) is 15.9 Å². The Morgan fingerprint density at radius 3 is 2.75 bits per heavy atom. The maximum Gasteiger partial charge on any atom is 0.240 e. The van der Waals surface area contributed by atoms with Gasteiger partial charge in [0.15, 0.2) is 0 Å². The SMILES string of the molecule is Cc1cc(S(=O)(=O)NCC(O)c2ccsc2)ccc1Br. The fraction of sp³-hybridized carbons (Fsp3) is 0.231. The van der Waals surface area contributed by atoms with E-state index >= 15 is 0 Å². The number of hydrogen-bond donors (Lipinski definition) is 2. The molecule has 0 fully saturated rings. The highest BCUT2D eigenvalue weighted by molar-refractivity contribution is 9.10. The van der Waals surface area contributed by atoms with E-state index < -0.39 is 16.1 Å². The van der Waals surface area contributed by atoms with Crippen LogP contribution >= 0.6 is 27.3 Å². The molecule has 0 bridgehead atoms. The standard InChI is InChI=1S/C13H14BrNO3S2/c1-9-6-11(2-3-12(9)14)20(17,18)15-7-13(16)10-4-5-19-8-10/h2-6,8,13,15-16H,7H2,1H3. The first kappa shape index (κ1) is 15.7. The summed E-state index contributed by atoms with van der Waals surface area (Å²) in [5.74, 6) is 0. The first-order valence-electron chi connectivity index (χ1n) is 5.86. The normalized spacial score (nSPS) is 13.3. The number of rotatable bonds is 5. The number of halogens is 1. The fourth-order valence-corrected chi connectivity index (χ4v) is 3.72. The Labute approximate surface area is 130 Å². The maximum absolute atomic E-state index is 12.1. The molecule has 0 aliphatic rings. The summed E-state index contributed by atoms with van der Waals surface area (Å²) in [5, 5.41) is 13.5. The van der Waals surface area contributed by atoms with E-state index in [0.717, 1.165) is 10.0 Å². The number of benzene rings is 1. The maximum atomic E-state index is 12.1. The molecule has 0 saturated heterocycles. The van der Waals surface area contributed by atoms with Crippen molar-refractivity contribution in [2.24, 2.45) is 0 Å². The lowest BCUT2D eigenvalue weighted by atomic mass is 10.2. The molecule has 0 aliphatic carbocycles. The van der Waals surface area contributed by atoms with Crippen molar-refractivity contribution in [2.75, 3.05) is 6.54 Å². The predicted molar refractivity (Wildman–Crippen MR) is 83.3 cm³/mol. The first-order valence-corrected chi connectivity index (χ1v) is 9.08. The summed E-state index contributed by atoms with van der Waals surface area (Å²) >= 11 is 4.79. The lowest BCUT2D eigenvalue weighted by Crippen LogP contribution is -2.28. The Kier molecular flexibility index (Phi) is 4.98. The summed E-state index contributed by atoms with van der Waals surface area (Å²) in [6.07, 6.45) is -0.840. The topological polar surface area (TPSA) is 66.4 Å². The number of thiophene rings is 1. The molecule has 0 saturated carbocycles. The van der Waals surface area contributed by atoms with Crippen LogP contribution in [0.1, 0.15) is 17.2 Å². The second-order valence-electron chi connectivity index (χ2n) is 4.34. The van der Waals surface area contributed by atoms with Crippen LogP contribution in [0.25, 0.3) is 0 Å². The van der Waals surface area contributed by atoms with Crippen molar-refractivity contribution >= 4 is 37.3 Å². The zero-order valence-electron chi connectivity index (χ0n) is 10.7. The van der Waals surface area contributed by atoms with Gasteiger partial charge in [-0.25, -0.2) is 13.1 Å². The summed E-state index contributed by atoms with van der Waals surface area (Å²) in [7, 11) is -3.61. The van der Waals surface area contributed by atoms with Gasteiger partial charge in [0.05, 0.1) is 11.0 Å². The van der Waals surface area contributed by atoms with E-state index in [9.17, 15) is 13.5 Å². The largest absolute Gasteiger partial charge is 0.387 e. The van der Waals surface area contributed by atoms with Gasteiger partial charge in [-0.15, -0.1) is 0 Å². The molecule has 0 radical (unpaired) electrons. The fourth-order valence-electron chi connectivity index (χ4n) is 1.64. The molecule has 1 aromatic carbocycles. The second kappa shape index (κ2) is 6.36. The van der Waals surface area contributed by atoms with Crippen molar-refractivity contribution in [3.05, 3.63) is 50.6 Å². The summed E-state index contributed by atoms with van der Waals surface area (Å²) in [5.41, 5.74) is 1.55. The van der Waals surface area contributed by atoms with Gasteiger partial charge in [0.2, 0.25) is 10.0 Å². The number of aliphatic hydroxyl groups is 1. The van der Waals surface area contributed by atoms with Gasteiger partial charge in [0.1, 0.15) is 0 Å². The number of nitrogens with one attached hydrogen (secondary N) is 1. The molecule has 2 rings (SSSR count). The number of aliphatic hydroxyl groups excluding tert-OH is 1. The van der Waals surface area contributed by atoms with Crippen LogP contribution in [0.3, 0.4) is 0 Å². The second-order valence-corrected chi connectivity index (χ2v) is 7.74. The Bertz CT molecular complexity index is 684. The monoisotopic (exact) mass is 375 g/mol. The molecule has 1 atom stereocenters. The zero-order valence-corrected chi connectivity index (χ0v) is 13.9. The van der Waals surface area contributed by atoms with Gasteiger partial charge in [0.25, 0.3) is 0 Å². The molecule has 1 aromatic heterocycles. The summed E-state index contributed by atoms with van der Waals surface area (Å²) in [4.78, 5) is 0.190. The number of hydrogen-bond acceptors (Lipinski definition) is 4. The van der Waals surface area contributed by atoms with Gasteiger partial charge in [-0.3, -0.25) is 0 Å². The molecule has 2 aromatic rings. The van der Waals surface area contributed by atoms with Crippen LogP contribution in [0, 0.1) is 6.92 Å². The van der Waals surface area contributed by atoms with E-state index in [0.29, 0.717) is 5.56 Å². The van der Waals surface area contributed by atoms with Gasteiger partial charge >= 0.3 is 0 Å². The highest BCUT2D eigenvalue weighted by Gasteiger charge is 2.17. The van der Waals surface area contributed by atoms with Gasteiger partial charge < -0.3 is 5.11 Å². The minimum atomic E-state index is -3.61. The van der Waals surface area contributed by atoms with Crippen LogP contribution in [-0.2, 0) is 10.0 Å². The average molecular weight is 376 g/mol. The Morgan fingerprint density at radius 2 is 2.15 bits per heavy atom. The lowest BCUT2D eigenvalue weighted by molar-refractivity contribution is 0.182. The van der Waals surface area contributed by atoms with E-state index in [1.165, 1.54) is 17.4 Å². The van der Waals surface area contributed by atoms with E-state index in [4.69, 9.17) is 0 Å². The Morgan fingerprint density at radius 1 is 1.40 bits per heavy atom. The van der Waals surface area contributed by atoms with Crippen LogP contribution in [-0.4, -0.2) is 20.1 Å². The van der Waals surface area contributed by atoms with Crippen LogP contribution in [0.15, 0.2) is 44.4 Å². The third-order valence-electron chi connectivity index (χ3n) is 2.83. The highest BCUT2D eigenvalue weighted by Crippen LogP contribution is 2.21. The molecule has 2 N–H and O–H groups in total. The van der Waals surface area contributed by atoms with Crippen LogP contribution in [0.5, 0.6) is 0 Å². The van der Waals surface area contributed by atoms with Crippen molar-refractivity contribution in [1.82, 2.24) is 4.72 Å². The first-order chi connectivity index (χ1) is 9.40. The summed E-state index contributed by atoms with van der Waals surface area (Å²) in [6.45, 7) is 1.78. The minimum Gasteiger partial charge on any atom is -0.387 e. The van der Waals surface area contributed by atoms with Crippen LogP contribution in [0.4, 0.5) is 0 Å². The molecule has 1 unspecified atom stereocenters. The number of sulfonamides is 1. The molecular formula is C13H14BrNO3S2. The van der Waals surface area contributed by atoms with Gasteiger partial charge in [-0.2, -0.15) is 11.3 Å². The van der Waals surface area contributed by atoms with E-state index in [-0.39, 0.29) is 11.4 Å². The third-order valence-corrected chi connectivity index (χ3v) is 5.85. The van der Waals surface area contributed by atoms with E-state index in [1.54, 1.807) is 23.6 Å². The third kappa shape index (κ3) is 3.67. The zero-order chi connectivity index (χ0) is 14.8. The van der Waals surface area contributed by atoms with Crippen molar-refractivity contribution < 1.29 is 13.5 Å². The molecular weight excluding hydrogens is 362 g/mol. The Hall–Kier alpha value is -0.730. The lowest BCUT2D eigenvalue weighted by Gasteiger charge is -2.12. The van der Waals surface area contributed by atoms with Crippen molar-refractivity contribution in [1.29, 1.82) is 0 Å². The average Bonchev–Trinajstić information content (AvgIpc) is 2.93. The van der Waals surface area contributed by atoms with Crippen LogP contribution in [0.2, 0.25) is 0 Å². The molecule has 108 valence electrons. The minimum absolute atomic E-state index is 0.0474. The summed E-state index contributed by atoms with van der Waals surface area (Å²) < 4.78 is 27.5. The van der Waals surface area contributed by atoms with Crippen molar-refractivity contribution in [2.45, 2.75) is 17.9 Å². The van der Waals surface area contributed by atoms with Gasteiger partial charge in [0, 0.05) is 11.0 Å². The van der Waals surface area contributed by atoms with E-state index in [2.05, 4.69) is 20.7 Å². The molecule has 0 spiro atoms. The van der Waals surface area contributed by atoms with Crippen molar-refractivity contribution in [3.8, 4) is 0 Å². The molecule has 0 amide bonds. The van der Waals surface area contributed by atoms with E-state index in [1.807, 2.05) is 12.3 Å². The smallest absolute Gasteiger partial charge is 0.240 e. The highest BCUT2D eigenvalue weighted by atomic mass is 79.9. The molecule has 4 nitrogen and oxygen atoms in total. The van der Waals surface area contributed by atoms with Crippen molar-refractivity contribution in [3.63, 3.8) is 0 Å². The quantitative estimate of drug-likeness (QED) is 0.844. The van der Waals surface area contributed by atoms with Gasteiger partial charge in [-0.05, 0) is 53.1 Å². The van der Waals surface area contributed by atoms with Crippen LogP contribution < -0.4 is 4.72 Å². The molecule has 1 heterocycles. The summed E-state index contributed by atoms with van der Waals surface area (Å²) in [6, 6.07) is 6.58. The molecule has 7 heteroatoms.